The Morgan fingerprint density at radius 2 is 2.03 bits per heavy atom. The Balaban J connectivity index is 1.20. The topological polar surface area (TPSA) is 89.5 Å². The number of fused-ring (bicyclic) bond motifs is 4. The van der Waals surface area contributed by atoms with E-state index < -0.39 is 0 Å². The molecule has 2 aromatic rings. The molecule has 2 atom stereocenters. The van der Waals surface area contributed by atoms with E-state index in [-0.39, 0.29) is 17.5 Å². The molecule has 6 rings (SSSR count). The van der Waals surface area contributed by atoms with Crippen molar-refractivity contribution in [2.45, 2.75) is 63.6 Å². The monoisotopic (exact) mass is 488 g/mol. The number of amides is 1. The van der Waals surface area contributed by atoms with Gasteiger partial charge < -0.3 is 20.4 Å². The standard InChI is InChI=1S/C27H36N8O/c1-3-12-33-13-14-34(17-19(33)2)21-7-9-23(28-16-21)31-26-29-15-20-6-8-22-25(36)30-18-27(10-4-5-11-27)35(22)24(20)32-26/h6-9,15-16,19,22H,3-5,10-14,17-18H2,1-2H3,(H,30,36)(H,28,29,31,32). The van der Waals surface area contributed by atoms with Crippen molar-refractivity contribution in [1.29, 1.82) is 0 Å². The number of nitrogens with one attached hydrogen (secondary N) is 2. The summed E-state index contributed by atoms with van der Waals surface area (Å²) >= 11 is 0. The Labute approximate surface area is 213 Å². The lowest BCUT2D eigenvalue weighted by molar-refractivity contribution is -0.123. The number of pyridine rings is 1. The highest BCUT2D eigenvalue weighted by Crippen LogP contribution is 2.43. The van der Waals surface area contributed by atoms with Gasteiger partial charge in [-0.1, -0.05) is 31.9 Å². The summed E-state index contributed by atoms with van der Waals surface area (Å²) in [5, 5.41) is 6.43. The largest absolute Gasteiger partial charge is 0.367 e. The van der Waals surface area contributed by atoms with Crippen LogP contribution in [0.1, 0.15) is 51.5 Å². The minimum Gasteiger partial charge on any atom is -0.367 e. The molecular weight excluding hydrogens is 452 g/mol. The molecule has 1 saturated carbocycles. The second-order valence-corrected chi connectivity index (χ2v) is 10.7. The molecule has 0 bridgehead atoms. The minimum atomic E-state index is -0.315. The first-order valence-electron chi connectivity index (χ1n) is 13.4. The van der Waals surface area contributed by atoms with Crippen molar-refractivity contribution in [3.8, 4) is 0 Å². The van der Waals surface area contributed by atoms with Crippen LogP contribution in [-0.2, 0) is 4.79 Å². The summed E-state index contributed by atoms with van der Waals surface area (Å²) in [5.41, 5.74) is 2.03. The fraction of sp³-hybridized carbons (Fsp3) is 0.556. The fourth-order valence-electron chi connectivity index (χ4n) is 6.39. The Morgan fingerprint density at radius 1 is 1.17 bits per heavy atom. The number of piperazine rings is 2. The third kappa shape index (κ3) is 4.09. The molecule has 9 heteroatoms. The van der Waals surface area contributed by atoms with E-state index in [1.54, 1.807) is 0 Å². The van der Waals surface area contributed by atoms with Crippen molar-refractivity contribution >= 4 is 35.3 Å². The fourth-order valence-corrected chi connectivity index (χ4v) is 6.39. The molecule has 3 aliphatic heterocycles. The van der Waals surface area contributed by atoms with Gasteiger partial charge in [0, 0.05) is 44.0 Å². The molecule has 9 nitrogen and oxygen atoms in total. The SMILES string of the molecule is CCCN1CCN(c2ccc(Nc3ncc4c(n3)N3C(C=C4)C(=O)NCC34CCCC4)nc2)CC1C. The molecule has 190 valence electrons. The van der Waals surface area contributed by atoms with Crippen LogP contribution in [0.2, 0.25) is 0 Å². The van der Waals surface area contributed by atoms with Gasteiger partial charge in [-0.05, 0) is 44.9 Å². The van der Waals surface area contributed by atoms with Gasteiger partial charge in [0.05, 0.1) is 17.4 Å². The number of hydrogen-bond acceptors (Lipinski definition) is 8. The molecule has 0 aromatic carbocycles. The maximum atomic E-state index is 12.7. The summed E-state index contributed by atoms with van der Waals surface area (Å²) in [6.07, 6.45) is 13.4. The zero-order valence-corrected chi connectivity index (χ0v) is 21.3. The predicted octanol–water partition coefficient (Wildman–Crippen LogP) is 3.18. The van der Waals surface area contributed by atoms with E-state index in [2.05, 4.69) is 55.2 Å². The molecule has 36 heavy (non-hydrogen) atoms. The van der Waals surface area contributed by atoms with Crippen LogP contribution in [0.3, 0.4) is 0 Å². The molecule has 0 radical (unpaired) electrons. The maximum Gasteiger partial charge on any atom is 0.246 e. The van der Waals surface area contributed by atoms with Gasteiger partial charge in [-0.25, -0.2) is 9.97 Å². The van der Waals surface area contributed by atoms with Gasteiger partial charge in [-0.3, -0.25) is 9.69 Å². The molecular formula is C27H36N8O. The van der Waals surface area contributed by atoms with Gasteiger partial charge in [0.25, 0.3) is 0 Å². The zero-order valence-electron chi connectivity index (χ0n) is 21.3. The van der Waals surface area contributed by atoms with E-state index >= 15 is 0 Å². The van der Waals surface area contributed by atoms with Crippen LogP contribution >= 0.6 is 0 Å². The van der Waals surface area contributed by atoms with E-state index in [0.29, 0.717) is 24.4 Å². The van der Waals surface area contributed by atoms with Crippen molar-refractivity contribution in [1.82, 2.24) is 25.2 Å². The van der Waals surface area contributed by atoms with E-state index in [1.165, 1.54) is 19.3 Å². The molecule has 2 aromatic heterocycles. The van der Waals surface area contributed by atoms with Crippen molar-refractivity contribution in [2.24, 2.45) is 0 Å². The summed E-state index contributed by atoms with van der Waals surface area (Å²) in [7, 11) is 0. The second-order valence-electron chi connectivity index (χ2n) is 10.7. The quantitative estimate of drug-likeness (QED) is 0.663. The van der Waals surface area contributed by atoms with Crippen LogP contribution < -0.4 is 20.4 Å². The molecule has 4 aliphatic rings. The highest BCUT2D eigenvalue weighted by atomic mass is 16.2. The van der Waals surface area contributed by atoms with Gasteiger partial charge >= 0.3 is 0 Å². The first-order valence-corrected chi connectivity index (χ1v) is 13.4. The number of anilines is 4. The van der Waals surface area contributed by atoms with E-state index in [4.69, 9.17) is 4.98 Å². The number of nitrogens with zero attached hydrogens (tertiary/aromatic N) is 6. The number of carbonyl (C=O) groups is 1. The number of aromatic nitrogens is 3. The molecule has 1 spiro atoms. The summed E-state index contributed by atoms with van der Waals surface area (Å²) in [5.74, 6) is 2.10. The molecule has 2 N–H and O–H groups in total. The predicted molar refractivity (Wildman–Crippen MR) is 143 cm³/mol. The normalized spacial score (nSPS) is 25.0. The highest BCUT2D eigenvalue weighted by molar-refractivity contribution is 5.93. The lowest BCUT2D eigenvalue weighted by atomic mass is 9.87. The maximum absolute atomic E-state index is 12.7. The lowest BCUT2D eigenvalue weighted by Gasteiger charge is -2.50. The second kappa shape index (κ2) is 9.35. The average molecular weight is 489 g/mol. The molecule has 2 unspecified atom stereocenters. The zero-order chi connectivity index (χ0) is 24.7. The highest BCUT2D eigenvalue weighted by Gasteiger charge is 2.50. The molecule has 5 heterocycles. The number of rotatable bonds is 5. The Bertz CT molecular complexity index is 1140. The van der Waals surface area contributed by atoms with Crippen molar-refractivity contribution < 1.29 is 4.79 Å². The molecule has 1 aliphatic carbocycles. The number of carbonyl (C=O) groups excluding carboxylic acids is 1. The summed E-state index contributed by atoms with van der Waals surface area (Å²) in [6.45, 7) is 9.51. The Morgan fingerprint density at radius 3 is 2.78 bits per heavy atom. The average Bonchev–Trinajstić information content (AvgIpc) is 3.37. The van der Waals surface area contributed by atoms with Gasteiger partial charge in [-0.15, -0.1) is 0 Å². The molecule has 1 amide bonds. The first kappa shape index (κ1) is 23.2. The smallest absolute Gasteiger partial charge is 0.246 e. The first-order chi connectivity index (χ1) is 17.6. The van der Waals surface area contributed by atoms with Gasteiger partial charge in [-0.2, -0.15) is 4.98 Å². The van der Waals surface area contributed by atoms with E-state index in [1.807, 2.05) is 30.6 Å². The third-order valence-electron chi connectivity index (χ3n) is 8.29. The van der Waals surface area contributed by atoms with Crippen LogP contribution in [0.5, 0.6) is 0 Å². The van der Waals surface area contributed by atoms with Crippen LogP contribution in [-0.4, -0.2) is 76.1 Å². The summed E-state index contributed by atoms with van der Waals surface area (Å²) < 4.78 is 0. The van der Waals surface area contributed by atoms with Crippen molar-refractivity contribution in [2.75, 3.05) is 47.8 Å². The summed E-state index contributed by atoms with van der Waals surface area (Å²) in [4.78, 5) is 34.1. The molecule has 2 saturated heterocycles. The van der Waals surface area contributed by atoms with Crippen LogP contribution in [0.4, 0.5) is 23.3 Å². The minimum absolute atomic E-state index is 0.0460. The molecule has 3 fully saturated rings. The van der Waals surface area contributed by atoms with Crippen molar-refractivity contribution in [3.05, 3.63) is 36.2 Å². The van der Waals surface area contributed by atoms with Crippen LogP contribution in [0.25, 0.3) is 6.08 Å². The Hall–Kier alpha value is -3.20. The van der Waals surface area contributed by atoms with E-state index in [0.717, 1.165) is 56.1 Å². The Kier molecular flexibility index (Phi) is 6.03. The third-order valence-corrected chi connectivity index (χ3v) is 8.29. The van der Waals surface area contributed by atoms with Crippen LogP contribution in [0, 0.1) is 0 Å². The lowest BCUT2D eigenvalue weighted by Crippen LogP contribution is -2.67. The summed E-state index contributed by atoms with van der Waals surface area (Å²) in [6, 6.07) is 4.34. The van der Waals surface area contributed by atoms with Gasteiger partial charge in [0.15, 0.2) is 0 Å². The van der Waals surface area contributed by atoms with Crippen molar-refractivity contribution in [3.63, 3.8) is 0 Å². The van der Waals surface area contributed by atoms with E-state index in [9.17, 15) is 4.79 Å². The number of hydrogen-bond donors (Lipinski definition) is 2. The van der Waals surface area contributed by atoms with Gasteiger partial charge in [0.1, 0.15) is 17.7 Å². The van der Waals surface area contributed by atoms with Gasteiger partial charge in [0.2, 0.25) is 11.9 Å². The van der Waals surface area contributed by atoms with Crippen LogP contribution in [0.15, 0.2) is 30.6 Å².